The molecule has 0 atom stereocenters. The Morgan fingerprint density at radius 1 is 0.960 bits per heavy atom. The Morgan fingerprint density at radius 3 is 2.16 bits per heavy atom. The van der Waals surface area contributed by atoms with Crippen molar-refractivity contribution < 1.29 is 9.59 Å². The number of anilines is 2. The summed E-state index contributed by atoms with van der Waals surface area (Å²) in [6.45, 7) is 1.44. The maximum atomic E-state index is 12.3. The van der Waals surface area contributed by atoms with Gasteiger partial charge >= 0.3 is 0 Å². The Hall–Kier alpha value is -3.12. The largest absolute Gasteiger partial charge is 0.326 e. The average molecular weight is 355 g/mol. The number of aromatic nitrogens is 2. The van der Waals surface area contributed by atoms with Crippen molar-refractivity contribution in [1.82, 2.24) is 10.2 Å². The third kappa shape index (κ3) is 4.24. The maximum Gasteiger partial charge on any atom is 0.273 e. The van der Waals surface area contributed by atoms with Crippen molar-refractivity contribution in [3.05, 3.63) is 65.3 Å². The molecule has 2 amide bonds. The van der Waals surface area contributed by atoms with Gasteiger partial charge in [0.2, 0.25) is 5.91 Å². The summed E-state index contributed by atoms with van der Waals surface area (Å²) in [5.41, 5.74) is 3.14. The zero-order chi connectivity index (χ0) is 17.8. The molecule has 1 heterocycles. The molecule has 126 valence electrons. The van der Waals surface area contributed by atoms with Gasteiger partial charge in [0.15, 0.2) is 0 Å². The second kappa shape index (κ2) is 7.19. The van der Waals surface area contributed by atoms with E-state index in [0.717, 1.165) is 5.56 Å². The van der Waals surface area contributed by atoms with E-state index in [1.165, 1.54) is 6.92 Å². The summed E-state index contributed by atoms with van der Waals surface area (Å²) in [5, 5.41) is 12.9. The molecule has 0 saturated heterocycles. The quantitative estimate of drug-likeness (QED) is 0.663. The van der Waals surface area contributed by atoms with Gasteiger partial charge in [-0.25, -0.2) is 0 Å². The molecule has 2 aromatic carbocycles. The molecule has 0 fully saturated rings. The molecule has 7 heteroatoms. The normalized spacial score (nSPS) is 10.3. The molecule has 3 aromatic rings. The highest BCUT2D eigenvalue weighted by atomic mass is 35.5. The number of amides is 2. The molecule has 0 radical (unpaired) electrons. The van der Waals surface area contributed by atoms with Gasteiger partial charge < -0.3 is 10.6 Å². The van der Waals surface area contributed by atoms with E-state index in [9.17, 15) is 9.59 Å². The van der Waals surface area contributed by atoms with Crippen LogP contribution in [0.1, 0.15) is 17.4 Å². The lowest BCUT2D eigenvalue weighted by Gasteiger charge is -2.05. The smallest absolute Gasteiger partial charge is 0.273 e. The fraction of sp³-hybridized carbons (Fsp3) is 0.0556. The molecular weight excluding hydrogens is 340 g/mol. The number of halogens is 1. The van der Waals surface area contributed by atoms with Crippen LogP contribution in [0, 0.1) is 0 Å². The Labute approximate surface area is 149 Å². The number of carbonyl (C=O) groups excluding carboxylic acids is 2. The molecular formula is C18H15ClN4O2. The summed E-state index contributed by atoms with van der Waals surface area (Å²) in [4.78, 5) is 23.3. The highest BCUT2D eigenvalue weighted by molar-refractivity contribution is 6.30. The summed E-state index contributed by atoms with van der Waals surface area (Å²) in [6.07, 6.45) is 0. The van der Waals surface area contributed by atoms with Crippen LogP contribution in [0.2, 0.25) is 5.02 Å². The summed E-state index contributed by atoms with van der Waals surface area (Å²) in [6, 6.07) is 15.7. The molecule has 0 aliphatic rings. The molecule has 0 spiro atoms. The van der Waals surface area contributed by atoms with Gasteiger partial charge in [0.25, 0.3) is 5.91 Å². The van der Waals surface area contributed by atoms with Crippen LogP contribution in [0.3, 0.4) is 0 Å². The number of aromatic amines is 1. The highest BCUT2D eigenvalue weighted by Crippen LogP contribution is 2.21. The van der Waals surface area contributed by atoms with Gasteiger partial charge in [0.1, 0.15) is 5.69 Å². The van der Waals surface area contributed by atoms with Crippen LogP contribution in [0.5, 0.6) is 0 Å². The van der Waals surface area contributed by atoms with E-state index in [0.29, 0.717) is 27.8 Å². The van der Waals surface area contributed by atoms with E-state index in [4.69, 9.17) is 11.6 Å². The predicted molar refractivity (Wildman–Crippen MR) is 97.7 cm³/mol. The van der Waals surface area contributed by atoms with Crippen molar-refractivity contribution in [3.8, 4) is 11.3 Å². The van der Waals surface area contributed by atoms with Crippen molar-refractivity contribution >= 4 is 34.8 Å². The van der Waals surface area contributed by atoms with Crippen LogP contribution in [0.15, 0.2) is 54.6 Å². The third-order valence-electron chi connectivity index (χ3n) is 3.43. The lowest BCUT2D eigenvalue weighted by atomic mass is 10.1. The van der Waals surface area contributed by atoms with Crippen LogP contribution >= 0.6 is 11.6 Å². The summed E-state index contributed by atoms with van der Waals surface area (Å²) < 4.78 is 0. The van der Waals surface area contributed by atoms with Gasteiger partial charge in [-0.15, -0.1) is 0 Å². The molecule has 0 unspecified atom stereocenters. The van der Waals surface area contributed by atoms with Crippen molar-refractivity contribution in [1.29, 1.82) is 0 Å². The number of rotatable bonds is 4. The number of benzene rings is 2. The first-order valence-corrected chi connectivity index (χ1v) is 7.89. The standard InChI is InChI=1S/C18H15ClN4O2/c1-11(24)20-14-6-8-15(9-7-14)21-18(25)17-10-16(22-23-17)12-2-4-13(19)5-3-12/h2-10H,1H3,(H,20,24)(H,21,25)(H,22,23). The lowest BCUT2D eigenvalue weighted by molar-refractivity contribution is -0.114. The number of nitrogens with zero attached hydrogens (tertiary/aromatic N) is 1. The molecule has 6 nitrogen and oxygen atoms in total. The second-order valence-electron chi connectivity index (χ2n) is 5.39. The molecule has 0 aliphatic carbocycles. The summed E-state index contributed by atoms with van der Waals surface area (Å²) >= 11 is 5.87. The van der Waals surface area contributed by atoms with Crippen LogP contribution in [-0.2, 0) is 4.79 Å². The summed E-state index contributed by atoms with van der Waals surface area (Å²) in [5.74, 6) is -0.455. The second-order valence-corrected chi connectivity index (χ2v) is 5.82. The topological polar surface area (TPSA) is 86.9 Å². The lowest BCUT2D eigenvalue weighted by Crippen LogP contribution is -2.12. The minimum atomic E-state index is -0.306. The van der Waals surface area contributed by atoms with Crippen LogP contribution < -0.4 is 10.6 Å². The number of carbonyl (C=O) groups is 2. The minimum absolute atomic E-state index is 0.149. The van der Waals surface area contributed by atoms with Crippen molar-refractivity contribution in [3.63, 3.8) is 0 Å². The van der Waals surface area contributed by atoms with E-state index in [1.54, 1.807) is 42.5 Å². The van der Waals surface area contributed by atoms with Gasteiger partial charge in [-0.3, -0.25) is 14.7 Å². The van der Waals surface area contributed by atoms with Gasteiger partial charge in [-0.2, -0.15) is 5.10 Å². The first kappa shape index (κ1) is 16.7. The molecule has 3 N–H and O–H groups in total. The fourth-order valence-corrected chi connectivity index (χ4v) is 2.37. The Balaban J connectivity index is 1.69. The van der Waals surface area contributed by atoms with Gasteiger partial charge in [-0.1, -0.05) is 23.7 Å². The zero-order valence-corrected chi connectivity index (χ0v) is 14.1. The van der Waals surface area contributed by atoms with Crippen LogP contribution in [-0.4, -0.2) is 22.0 Å². The van der Waals surface area contributed by atoms with Crippen molar-refractivity contribution in [2.45, 2.75) is 6.92 Å². The first-order valence-electron chi connectivity index (χ1n) is 7.51. The molecule has 3 rings (SSSR count). The molecule has 0 bridgehead atoms. The van der Waals surface area contributed by atoms with Crippen molar-refractivity contribution in [2.24, 2.45) is 0 Å². The third-order valence-corrected chi connectivity index (χ3v) is 3.68. The maximum absolute atomic E-state index is 12.3. The Morgan fingerprint density at radius 2 is 1.56 bits per heavy atom. The van der Waals surface area contributed by atoms with E-state index in [1.807, 2.05) is 12.1 Å². The van der Waals surface area contributed by atoms with Crippen molar-refractivity contribution in [2.75, 3.05) is 10.6 Å². The monoisotopic (exact) mass is 354 g/mol. The van der Waals surface area contributed by atoms with E-state index < -0.39 is 0 Å². The van der Waals surface area contributed by atoms with E-state index >= 15 is 0 Å². The molecule has 0 aliphatic heterocycles. The SMILES string of the molecule is CC(=O)Nc1ccc(NC(=O)c2cc(-c3ccc(Cl)cc3)n[nH]2)cc1. The number of nitrogens with one attached hydrogen (secondary N) is 3. The minimum Gasteiger partial charge on any atom is -0.326 e. The zero-order valence-electron chi connectivity index (χ0n) is 13.3. The average Bonchev–Trinajstić information content (AvgIpc) is 3.07. The Kier molecular flexibility index (Phi) is 4.81. The number of H-pyrrole nitrogens is 1. The molecule has 1 aromatic heterocycles. The molecule has 25 heavy (non-hydrogen) atoms. The fourth-order valence-electron chi connectivity index (χ4n) is 2.25. The summed E-state index contributed by atoms with van der Waals surface area (Å²) in [7, 11) is 0. The van der Waals surface area contributed by atoms with E-state index in [2.05, 4.69) is 20.8 Å². The number of hydrogen-bond donors (Lipinski definition) is 3. The van der Waals surface area contributed by atoms with Crippen LogP contribution in [0.25, 0.3) is 11.3 Å². The van der Waals surface area contributed by atoms with Crippen LogP contribution in [0.4, 0.5) is 11.4 Å². The first-order chi connectivity index (χ1) is 12.0. The predicted octanol–water partition coefficient (Wildman–Crippen LogP) is 3.94. The van der Waals surface area contributed by atoms with Gasteiger partial charge in [0.05, 0.1) is 5.69 Å². The number of hydrogen-bond acceptors (Lipinski definition) is 3. The van der Waals surface area contributed by atoms with E-state index in [-0.39, 0.29) is 11.8 Å². The van der Waals surface area contributed by atoms with Gasteiger partial charge in [-0.05, 0) is 42.5 Å². The molecule has 0 saturated carbocycles. The Bertz CT molecular complexity index is 902. The van der Waals surface area contributed by atoms with Gasteiger partial charge in [0, 0.05) is 28.9 Å². The highest BCUT2D eigenvalue weighted by Gasteiger charge is 2.11.